The fraction of sp³-hybridized carbons (Fsp3) is 0.333. The Bertz CT molecular complexity index is 610. The number of sulfone groups is 1. The number of aliphatic hydroxyl groups is 1. The molecule has 0 bridgehead atoms. The quantitative estimate of drug-likeness (QED) is 0.660. The zero-order chi connectivity index (χ0) is 15.3. The molecule has 110 valence electrons. The molecule has 0 aliphatic carbocycles. The number of aliphatic carboxylic acids is 1. The van der Waals surface area contributed by atoms with E-state index < -0.39 is 34.4 Å². The minimum Gasteiger partial charge on any atom is -0.480 e. The van der Waals surface area contributed by atoms with Crippen molar-refractivity contribution >= 4 is 21.7 Å². The average Bonchev–Trinajstić information content (AvgIpc) is 2.44. The first kappa shape index (κ1) is 16.1. The van der Waals surface area contributed by atoms with E-state index in [0.717, 1.165) is 0 Å². The summed E-state index contributed by atoms with van der Waals surface area (Å²) >= 11 is 0. The molecule has 1 atom stereocenters. The molecule has 0 radical (unpaired) electrons. The Morgan fingerprint density at radius 2 is 1.90 bits per heavy atom. The van der Waals surface area contributed by atoms with E-state index >= 15 is 0 Å². The molecule has 0 fully saturated rings. The molecule has 0 heterocycles. The predicted molar refractivity (Wildman–Crippen MR) is 70.1 cm³/mol. The van der Waals surface area contributed by atoms with Crippen molar-refractivity contribution in [1.82, 2.24) is 5.32 Å². The van der Waals surface area contributed by atoms with Crippen LogP contribution in [0.5, 0.6) is 0 Å². The molecular formula is C12H15NO6S. The van der Waals surface area contributed by atoms with Crippen LogP contribution in [0.15, 0.2) is 29.2 Å². The second kappa shape index (κ2) is 6.49. The van der Waals surface area contributed by atoms with Gasteiger partial charge in [0.15, 0.2) is 15.9 Å². The summed E-state index contributed by atoms with van der Waals surface area (Å²) in [5.41, 5.74) is -0.144. The third-order valence-corrected chi connectivity index (χ3v) is 4.42. The maximum absolute atomic E-state index is 12.0. The molecule has 0 saturated heterocycles. The number of carboxylic acid groups (broad SMARTS) is 1. The molecule has 0 spiro atoms. The van der Waals surface area contributed by atoms with Gasteiger partial charge in [-0.15, -0.1) is 0 Å². The Kier molecular flexibility index (Phi) is 5.23. The van der Waals surface area contributed by atoms with E-state index in [1.54, 1.807) is 0 Å². The van der Waals surface area contributed by atoms with E-state index in [-0.39, 0.29) is 16.2 Å². The van der Waals surface area contributed by atoms with Gasteiger partial charge in [-0.3, -0.25) is 4.79 Å². The number of amides is 1. The van der Waals surface area contributed by atoms with E-state index in [0.29, 0.717) is 0 Å². The Balaban J connectivity index is 3.15. The molecule has 3 N–H and O–H groups in total. The monoisotopic (exact) mass is 301 g/mol. The highest BCUT2D eigenvalue weighted by Crippen LogP contribution is 2.17. The Hall–Kier alpha value is -1.93. The molecular weight excluding hydrogens is 286 g/mol. The van der Waals surface area contributed by atoms with Gasteiger partial charge in [0.1, 0.15) is 0 Å². The molecule has 1 aromatic rings. The van der Waals surface area contributed by atoms with Crippen LogP contribution in [0.4, 0.5) is 0 Å². The number of hydrogen-bond acceptors (Lipinski definition) is 5. The largest absolute Gasteiger partial charge is 0.480 e. The highest BCUT2D eigenvalue weighted by molar-refractivity contribution is 7.91. The summed E-state index contributed by atoms with van der Waals surface area (Å²) in [6.07, 6.45) is 0. The maximum atomic E-state index is 12.0. The van der Waals surface area contributed by atoms with Crippen molar-refractivity contribution in [3.05, 3.63) is 29.8 Å². The average molecular weight is 301 g/mol. The van der Waals surface area contributed by atoms with Crippen molar-refractivity contribution in [2.24, 2.45) is 0 Å². The van der Waals surface area contributed by atoms with Gasteiger partial charge in [-0.1, -0.05) is 19.1 Å². The van der Waals surface area contributed by atoms with Crippen molar-refractivity contribution in [3.8, 4) is 0 Å². The van der Waals surface area contributed by atoms with Crippen LogP contribution in [0.2, 0.25) is 0 Å². The standard InChI is InChI=1S/C12H15NO6S/c1-2-20(18,19)10-6-4-3-5-8(10)11(15)13-9(7-14)12(16)17/h3-6,9,14H,2,7H2,1H3,(H,13,15)(H,16,17). The van der Waals surface area contributed by atoms with Gasteiger partial charge in [0.05, 0.1) is 22.8 Å². The number of aliphatic hydroxyl groups excluding tert-OH is 1. The molecule has 1 rings (SSSR count). The first-order chi connectivity index (χ1) is 9.33. The van der Waals surface area contributed by atoms with Crippen LogP contribution in [0.3, 0.4) is 0 Å². The van der Waals surface area contributed by atoms with Crippen LogP contribution in [-0.4, -0.2) is 48.9 Å². The second-order valence-corrected chi connectivity index (χ2v) is 6.19. The van der Waals surface area contributed by atoms with Crippen LogP contribution < -0.4 is 5.32 Å². The minimum atomic E-state index is -3.61. The third kappa shape index (κ3) is 3.55. The van der Waals surface area contributed by atoms with Crippen LogP contribution in [0.25, 0.3) is 0 Å². The highest BCUT2D eigenvalue weighted by atomic mass is 32.2. The maximum Gasteiger partial charge on any atom is 0.328 e. The zero-order valence-electron chi connectivity index (χ0n) is 10.7. The van der Waals surface area contributed by atoms with Gasteiger partial charge in [-0.25, -0.2) is 13.2 Å². The molecule has 0 aromatic heterocycles. The lowest BCUT2D eigenvalue weighted by atomic mass is 10.2. The molecule has 8 heteroatoms. The fourth-order valence-corrected chi connectivity index (χ4v) is 2.60. The number of benzene rings is 1. The van der Waals surface area contributed by atoms with Crippen molar-refractivity contribution in [2.45, 2.75) is 17.9 Å². The SMILES string of the molecule is CCS(=O)(=O)c1ccccc1C(=O)NC(CO)C(=O)O. The van der Waals surface area contributed by atoms with Crippen LogP contribution >= 0.6 is 0 Å². The number of hydrogen-bond donors (Lipinski definition) is 3. The Labute approximate surface area is 116 Å². The van der Waals surface area contributed by atoms with Crippen molar-refractivity contribution < 1.29 is 28.2 Å². The van der Waals surface area contributed by atoms with Gasteiger partial charge < -0.3 is 15.5 Å². The van der Waals surface area contributed by atoms with Gasteiger partial charge >= 0.3 is 5.97 Å². The topological polar surface area (TPSA) is 121 Å². The normalized spacial score (nSPS) is 12.7. The second-order valence-electron chi connectivity index (χ2n) is 3.95. The lowest BCUT2D eigenvalue weighted by Gasteiger charge is -2.13. The molecule has 20 heavy (non-hydrogen) atoms. The molecule has 1 unspecified atom stereocenters. The first-order valence-electron chi connectivity index (χ1n) is 5.79. The van der Waals surface area contributed by atoms with Crippen LogP contribution in [-0.2, 0) is 14.6 Å². The number of rotatable bonds is 6. The van der Waals surface area contributed by atoms with E-state index in [9.17, 15) is 18.0 Å². The highest BCUT2D eigenvalue weighted by Gasteiger charge is 2.24. The number of carbonyl (C=O) groups is 2. The number of carboxylic acids is 1. The summed E-state index contributed by atoms with van der Waals surface area (Å²) in [7, 11) is -3.61. The van der Waals surface area contributed by atoms with Crippen molar-refractivity contribution in [1.29, 1.82) is 0 Å². The van der Waals surface area contributed by atoms with Gasteiger partial charge in [-0.2, -0.15) is 0 Å². The van der Waals surface area contributed by atoms with Gasteiger partial charge in [0, 0.05) is 0 Å². The van der Waals surface area contributed by atoms with E-state index in [1.807, 2.05) is 0 Å². The molecule has 0 saturated carbocycles. The van der Waals surface area contributed by atoms with Crippen LogP contribution in [0, 0.1) is 0 Å². The van der Waals surface area contributed by atoms with E-state index in [4.69, 9.17) is 10.2 Å². The summed E-state index contributed by atoms with van der Waals surface area (Å²) < 4.78 is 23.7. The van der Waals surface area contributed by atoms with E-state index in [2.05, 4.69) is 5.32 Å². The molecule has 0 aliphatic heterocycles. The van der Waals surface area contributed by atoms with Gasteiger partial charge in [0.25, 0.3) is 5.91 Å². The molecule has 0 aliphatic rings. The summed E-state index contributed by atoms with van der Waals surface area (Å²) in [5, 5.41) is 19.7. The summed E-state index contributed by atoms with van der Waals surface area (Å²) in [6.45, 7) is 0.654. The summed E-state index contributed by atoms with van der Waals surface area (Å²) in [4.78, 5) is 22.5. The smallest absolute Gasteiger partial charge is 0.328 e. The third-order valence-electron chi connectivity index (χ3n) is 2.63. The lowest BCUT2D eigenvalue weighted by Crippen LogP contribution is -2.43. The Morgan fingerprint density at radius 3 is 2.40 bits per heavy atom. The molecule has 7 nitrogen and oxygen atoms in total. The van der Waals surface area contributed by atoms with Crippen molar-refractivity contribution in [3.63, 3.8) is 0 Å². The minimum absolute atomic E-state index is 0.144. The fourth-order valence-electron chi connectivity index (χ4n) is 1.50. The van der Waals surface area contributed by atoms with Gasteiger partial charge in [-0.05, 0) is 12.1 Å². The number of nitrogens with one attached hydrogen (secondary N) is 1. The Morgan fingerprint density at radius 1 is 1.30 bits per heavy atom. The predicted octanol–water partition coefficient (Wildman–Crippen LogP) is -0.345. The summed E-state index contributed by atoms with van der Waals surface area (Å²) in [6, 6.07) is 4.02. The van der Waals surface area contributed by atoms with Gasteiger partial charge in [0.2, 0.25) is 0 Å². The van der Waals surface area contributed by atoms with Crippen LogP contribution in [0.1, 0.15) is 17.3 Å². The summed E-state index contributed by atoms with van der Waals surface area (Å²) in [5.74, 6) is -2.45. The molecule has 1 aromatic carbocycles. The lowest BCUT2D eigenvalue weighted by molar-refractivity contribution is -0.140. The zero-order valence-corrected chi connectivity index (χ0v) is 11.6. The van der Waals surface area contributed by atoms with E-state index in [1.165, 1.54) is 31.2 Å². The van der Waals surface area contributed by atoms with Crippen molar-refractivity contribution in [2.75, 3.05) is 12.4 Å². The number of carbonyl (C=O) groups excluding carboxylic acids is 1. The first-order valence-corrected chi connectivity index (χ1v) is 7.45. The molecule has 1 amide bonds.